The van der Waals surface area contributed by atoms with Crippen LogP contribution in [0.25, 0.3) is 0 Å². The summed E-state index contributed by atoms with van der Waals surface area (Å²) in [6.45, 7) is 0.791. The topological polar surface area (TPSA) is 21.3 Å². The summed E-state index contributed by atoms with van der Waals surface area (Å²) in [5.41, 5.74) is 3.01. The molecule has 0 radical (unpaired) electrons. The zero-order valence-corrected chi connectivity index (χ0v) is 11.8. The first-order valence-corrected chi connectivity index (χ1v) is 7.56. The molecular weight excluding hydrogens is 265 g/mol. The van der Waals surface area contributed by atoms with Crippen molar-refractivity contribution in [1.82, 2.24) is 0 Å². The standard InChI is InChI=1S/C18H18FNO/c19-15-9-3-1-6-12(15)17-14-8-5-11-21-18(14)13-7-2-4-10-16(13)20-17/h1-4,6-7,9-10,14,17-18,20H,5,8,11H2/t14-,17+,18+/m1/s1. The van der Waals surface area contributed by atoms with E-state index in [0.29, 0.717) is 0 Å². The fourth-order valence-electron chi connectivity index (χ4n) is 3.65. The van der Waals surface area contributed by atoms with Crippen LogP contribution < -0.4 is 5.32 Å². The predicted molar refractivity (Wildman–Crippen MR) is 80.6 cm³/mol. The van der Waals surface area contributed by atoms with E-state index in [1.807, 2.05) is 24.3 Å². The molecule has 0 spiro atoms. The molecule has 0 aromatic heterocycles. The van der Waals surface area contributed by atoms with Gasteiger partial charge in [-0.05, 0) is 25.0 Å². The molecule has 2 aliphatic rings. The van der Waals surface area contributed by atoms with Gasteiger partial charge < -0.3 is 10.1 Å². The Labute approximate surface area is 123 Å². The molecule has 1 saturated heterocycles. The van der Waals surface area contributed by atoms with Gasteiger partial charge in [-0.1, -0.05) is 36.4 Å². The number of hydrogen-bond acceptors (Lipinski definition) is 2. The highest BCUT2D eigenvalue weighted by Crippen LogP contribution is 2.49. The van der Waals surface area contributed by atoms with Gasteiger partial charge in [0.2, 0.25) is 0 Å². The van der Waals surface area contributed by atoms with E-state index in [1.165, 1.54) is 11.6 Å². The van der Waals surface area contributed by atoms with Crippen LogP contribution in [0.3, 0.4) is 0 Å². The van der Waals surface area contributed by atoms with Crippen molar-refractivity contribution in [3.8, 4) is 0 Å². The molecule has 1 N–H and O–H groups in total. The normalized spacial score (nSPS) is 27.4. The van der Waals surface area contributed by atoms with E-state index in [0.717, 1.165) is 30.7 Å². The Hall–Kier alpha value is -1.87. The molecule has 1 fully saturated rings. The van der Waals surface area contributed by atoms with Gasteiger partial charge >= 0.3 is 0 Å². The Bertz CT molecular complexity index is 657. The smallest absolute Gasteiger partial charge is 0.128 e. The van der Waals surface area contributed by atoms with E-state index in [-0.39, 0.29) is 23.9 Å². The minimum Gasteiger partial charge on any atom is -0.377 e. The van der Waals surface area contributed by atoms with Crippen molar-refractivity contribution in [3.63, 3.8) is 0 Å². The Balaban J connectivity index is 1.80. The number of ether oxygens (including phenoxy) is 1. The van der Waals surface area contributed by atoms with Crippen LogP contribution in [0.1, 0.15) is 36.1 Å². The van der Waals surface area contributed by atoms with E-state index in [1.54, 1.807) is 6.07 Å². The van der Waals surface area contributed by atoms with E-state index in [4.69, 9.17) is 4.74 Å². The molecule has 0 bridgehead atoms. The molecule has 3 atom stereocenters. The average molecular weight is 283 g/mol. The van der Waals surface area contributed by atoms with Crippen LogP contribution in [0.4, 0.5) is 10.1 Å². The van der Waals surface area contributed by atoms with Crippen molar-refractivity contribution < 1.29 is 9.13 Å². The SMILES string of the molecule is Fc1ccccc1[C@@H]1Nc2ccccc2[C@@H]2OCCC[C@H]12. The summed E-state index contributed by atoms with van der Waals surface area (Å²) < 4.78 is 20.3. The number of benzene rings is 2. The first-order chi connectivity index (χ1) is 10.3. The maximum absolute atomic E-state index is 14.2. The number of nitrogens with one attached hydrogen (secondary N) is 1. The first kappa shape index (κ1) is 12.8. The van der Waals surface area contributed by atoms with Gasteiger partial charge in [0.15, 0.2) is 0 Å². The third kappa shape index (κ3) is 2.12. The van der Waals surface area contributed by atoms with Crippen molar-refractivity contribution in [1.29, 1.82) is 0 Å². The Morgan fingerprint density at radius 1 is 1.00 bits per heavy atom. The van der Waals surface area contributed by atoms with Crippen molar-refractivity contribution in [2.24, 2.45) is 5.92 Å². The molecule has 0 aliphatic carbocycles. The fraction of sp³-hybridized carbons (Fsp3) is 0.333. The molecule has 0 amide bonds. The summed E-state index contributed by atoms with van der Waals surface area (Å²) in [6, 6.07) is 15.3. The summed E-state index contributed by atoms with van der Waals surface area (Å²) in [6.07, 6.45) is 2.17. The fourth-order valence-corrected chi connectivity index (χ4v) is 3.65. The highest BCUT2D eigenvalue weighted by atomic mass is 19.1. The van der Waals surface area contributed by atoms with Crippen LogP contribution in [-0.2, 0) is 4.74 Å². The van der Waals surface area contributed by atoms with E-state index < -0.39 is 0 Å². The number of halogens is 1. The molecule has 0 unspecified atom stereocenters. The lowest BCUT2D eigenvalue weighted by Crippen LogP contribution is -2.36. The molecular formula is C18H18FNO. The van der Waals surface area contributed by atoms with Crippen LogP contribution in [0.2, 0.25) is 0 Å². The maximum Gasteiger partial charge on any atom is 0.128 e. The minimum atomic E-state index is -0.140. The molecule has 2 nitrogen and oxygen atoms in total. The van der Waals surface area contributed by atoms with Crippen LogP contribution in [0.5, 0.6) is 0 Å². The molecule has 0 saturated carbocycles. The van der Waals surface area contributed by atoms with E-state index in [9.17, 15) is 4.39 Å². The highest BCUT2D eigenvalue weighted by molar-refractivity contribution is 5.57. The van der Waals surface area contributed by atoms with Gasteiger partial charge in [0, 0.05) is 29.3 Å². The van der Waals surface area contributed by atoms with Crippen LogP contribution >= 0.6 is 0 Å². The summed E-state index contributed by atoms with van der Waals surface area (Å²) >= 11 is 0. The third-order valence-corrected chi connectivity index (χ3v) is 4.61. The largest absolute Gasteiger partial charge is 0.377 e. The number of para-hydroxylation sites is 1. The van der Waals surface area contributed by atoms with Gasteiger partial charge in [0.05, 0.1) is 12.1 Å². The Morgan fingerprint density at radius 2 is 1.76 bits per heavy atom. The molecule has 2 aromatic carbocycles. The number of rotatable bonds is 1. The van der Waals surface area contributed by atoms with E-state index >= 15 is 0 Å². The third-order valence-electron chi connectivity index (χ3n) is 4.61. The number of fused-ring (bicyclic) bond motifs is 3. The van der Waals surface area contributed by atoms with Gasteiger partial charge in [-0.15, -0.1) is 0 Å². The summed E-state index contributed by atoms with van der Waals surface area (Å²) in [4.78, 5) is 0. The first-order valence-electron chi connectivity index (χ1n) is 7.56. The molecule has 4 rings (SSSR count). The van der Waals surface area contributed by atoms with Crippen molar-refractivity contribution in [2.45, 2.75) is 25.0 Å². The second kappa shape index (κ2) is 5.15. The summed E-state index contributed by atoms with van der Waals surface area (Å²) in [5, 5.41) is 3.53. The zero-order chi connectivity index (χ0) is 14.2. The zero-order valence-electron chi connectivity index (χ0n) is 11.8. The second-order valence-corrected chi connectivity index (χ2v) is 5.83. The molecule has 3 heteroatoms. The molecule has 2 heterocycles. The number of hydrogen-bond donors (Lipinski definition) is 1. The summed E-state index contributed by atoms with van der Waals surface area (Å²) in [7, 11) is 0. The maximum atomic E-state index is 14.2. The van der Waals surface area contributed by atoms with Gasteiger partial charge in [-0.3, -0.25) is 0 Å². The lowest BCUT2D eigenvalue weighted by atomic mass is 9.77. The molecule has 2 aliphatic heterocycles. The average Bonchev–Trinajstić information content (AvgIpc) is 2.55. The number of anilines is 1. The van der Waals surface area contributed by atoms with Gasteiger partial charge in [0.1, 0.15) is 5.82 Å². The van der Waals surface area contributed by atoms with Gasteiger partial charge in [-0.2, -0.15) is 0 Å². The predicted octanol–water partition coefficient (Wildman–Crippen LogP) is 4.46. The van der Waals surface area contributed by atoms with Crippen molar-refractivity contribution >= 4 is 5.69 Å². The minimum absolute atomic E-state index is 0.0219. The lowest BCUT2D eigenvalue weighted by molar-refractivity contribution is -0.0384. The van der Waals surface area contributed by atoms with E-state index in [2.05, 4.69) is 17.4 Å². The molecule has 21 heavy (non-hydrogen) atoms. The van der Waals surface area contributed by atoms with Crippen LogP contribution in [0, 0.1) is 11.7 Å². The quantitative estimate of drug-likeness (QED) is 0.834. The highest BCUT2D eigenvalue weighted by Gasteiger charge is 2.40. The van der Waals surface area contributed by atoms with Crippen LogP contribution in [-0.4, -0.2) is 6.61 Å². The lowest BCUT2D eigenvalue weighted by Gasteiger charge is -2.43. The Morgan fingerprint density at radius 3 is 2.62 bits per heavy atom. The van der Waals surface area contributed by atoms with Crippen molar-refractivity contribution in [2.75, 3.05) is 11.9 Å². The summed E-state index contributed by atoms with van der Waals surface area (Å²) in [5.74, 6) is 0.143. The van der Waals surface area contributed by atoms with Gasteiger partial charge in [-0.25, -0.2) is 4.39 Å². The van der Waals surface area contributed by atoms with Gasteiger partial charge in [0.25, 0.3) is 0 Å². The Kier molecular flexibility index (Phi) is 3.15. The second-order valence-electron chi connectivity index (χ2n) is 5.83. The molecule has 108 valence electrons. The van der Waals surface area contributed by atoms with Crippen LogP contribution in [0.15, 0.2) is 48.5 Å². The van der Waals surface area contributed by atoms with Crippen molar-refractivity contribution in [3.05, 3.63) is 65.5 Å². The monoisotopic (exact) mass is 283 g/mol. The molecule has 2 aromatic rings.